The zero-order valence-electron chi connectivity index (χ0n) is 14.8. The van der Waals surface area contributed by atoms with Crippen LogP contribution in [0.3, 0.4) is 0 Å². The number of carbonyl (C=O) groups is 1. The van der Waals surface area contributed by atoms with Crippen LogP contribution in [0.2, 0.25) is 0 Å². The summed E-state index contributed by atoms with van der Waals surface area (Å²) in [5, 5.41) is 7.98. The Morgan fingerprint density at radius 1 is 1.35 bits per heavy atom. The minimum atomic E-state index is -0.389. The fourth-order valence-electron chi connectivity index (χ4n) is 2.84. The summed E-state index contributed by atoms with van der Waals surface area (Å²) in [5.41, 5.74) is 1.52. The highest BCUT2D eigenvalue weighted by atomic mass is 16.1. The molecule has 3 aromatic rings. The van der Waals surface area contributed by atoms with Crippen molar-refractivity contribution in [3.05, 3.63) is 63.8 Å². The third kappa shape index (κ3) is 3.40. The van der Waals surface area contributed by atoms with Crippen LogP contribution in [-0.4, -0.2) is 28.1 Å². The molecular weight excluding hydrogens is 327 g/mol. The van der Waals surface area contributed by atoms with Gasteiger partial charge in [-0.2, -0.15) is 5.10 Å². The molecule has 128 valence electrons. The standard InChI is InChI=1S/C19H17BN4O2/c1-12(22-13(2)25)17-9-16-6-4-5-15(18(16)19(26)24(17)20)8-7-14-10-21-23(3)11-14/h4-6,9-12H,1-3H3,(H,22,25)/t12-/m0/s1. The Morgan fingerprint density at radius 2 is 2.12 bits per heavy atom. The summed E-state index contributed by atoms with van der Waals surface area (Å²) in [7, 11) is 7.81. The number of aromatic nitrogens is 3. The van der Waals surface area contributed by atoms with Crippen LogP contribution >= 0.6 is 0 Å². The van der Waals surface area contributed by atoms with Gasteiger partial charge in [0, 0.05) is 31.4 Å². The summed E-state index contributed by atoms with van der Waals surface area (Å²) >= 11 is 0. The Labute approximate surface area is 152 Å². The van der Waals surface area contributed by atoms with Gasteiger partial charge in [0.1, 0.15) is 0 Å². The van der Waals surface area contributed by atoms with Gasteiger partial charge in [-0.25, -0.2) is 0 Å². The molecule has 6 nitrogen and oxygen atoms in total. The second-order valence-electron chi connectivity index (χ2n) is 6.09. The van der Waals surface area contributed by atoms with E-state index in [1.54, 1.807) is 36.1 Å². The van der Waals surface area contributed by atoms with Crippen LogP contribution in [0.1, 0.15) is 36.7 Å². The Kier molecular flexibility index (Phi) is 4.68. The number of nitrogens with zero attached hydrogens (tertiary/aromatic N) is 3. The van der Waals surface area contributed by atoms with Gasteiger partial charge in [0.25, 0.3) is 0 Å². The molecule has 1 N–H and O–H groups in total. The second-order valence-corrected chi connectivity index (χ2v) is 6.09. The van der Waals surface area contributed by atoms with E-state index in [1.165, 1.54) is 6.92 Å². The van der Waals surface area contributed by atoms with Crippen LogP contribution in [0, 0.1) is 11.8 Å². The summed E-state index contributed by atoms with van der Waals surface area (Å²) in [6, 6.07) is 6.86. The van der Waals surface area contributed by atoms with Gasteiger partial charge < -0.3 is 9.79 Å². The molecule has 1 atom stereocenters. The van der Waals surface area contributed by atoms with Gasteiger partial charge in [-0.05, 0) is 24.4 Å². The number of carbonyl (C=O) groups excluding carboxylic acids is 1. The number of hydrogen-bond donors (Lipinski definition) is 1. The molecule has 3 rings (SSSR count). The van der Waals surface area contributed by atoms with Gasteiger partial charge in [-0.3, -0.25) is 14.3 Å². The minimum absolute atomic E-state index is 0.193. The van der Waals surface area contributed by atoms with E-state index in [2.05, 4.69) is 22.3 Å². The largest absolute Gasteiger partial charge is 0.367 e. The van der Waals surface area contributed by atoms with Gasteiger partial charge in [-0.15, -0.1) is 0 Å². The Hall–Kier alpha value is -3.27. The minimum Gasteiger partial charge on any atom is -0.367 e. The van der Waals surface area contributed by atoms with E-state index in [0.29, 0.717) is 16.6 Å². The van der Waals surface area contributed by atoms with Crippen LogP contribution in [0.25, 0.3) is 10.8 Å². The molecule has 0 saturated carbocycles. The number of rotatable bonds is 2. The average molecular weight is 344 g/mol. The normalized spacial score (nSPS) is 11.7. The molecule has 1 aromatic carbocycles. The lowest BCUT2D eigenvalue weighted by atomic mass is 10.0. The lowest BCUT2D eigenvalue weighted by Gasteiger charge is -2.18. The first kappa shape index (κ1) is 17.6. The van der Waals surface area contributed by atoms with Crippen molar-refractivity contribution in [2.45, 2.75) is 19.9 Å². The van der Waals surface area contributed by atoms with Crippen molar-refractivity contribution < 1.29 is 4.79 Å². The molecule has 0 aliphatic carbocycles. The van der Waals surface area contributed by atoms with Crippen molar-refractivity contribution in [3.8, 4) is 11.8 Å². The molecule has 2 aromatic heterocycles. The third-order valence-corrected chi connectivity index (χ3v) is 4.02. The first-order valence-electron chi connectivity index (χ1n) is 8.08. The molecule has 0 spiro atoms. The second kappa shape index (κ2) is 6.92. The zero-order chi connectivity index (χ0) is 18.8. The fraction of sp³-hybridized carbons (Fsp3) is 0.211. The molecule has 1 amide bonds. The van der Waals surface area contributed by atoms with Crippen molar-refractivity contribution in [1.29, 1.82) is 0 Å². The predicted molar refractivity (Wildman–Crippen MR) is 101 cm³/mol. The first-order chi connectivity index (χ1) is 12.4. The monoisotopic (exact) mass is 344 g/mol. The lowest BCUT2D eigenvalue weighted by molar-refractivity contribution is -0.119. The molecule has 0 aliphatic rings. The zero-order valence-corrected chi connectivity index (χ0v) is 14.8. The third-order valence-electron chi connectivity index (χ3n) is 4.02. The number of nitrogens with one attached hydrogen (secondary N) is 1. The topological polar surface area (TPSA) is 68.9 Å². The maximum atomic E-state index is 12.8. The van der Waals surface area contributed by atoms with Crippen molar-refractivity contribution in [3.63, 3.8) is 0 Å². The van der Waals surface area contributed by atoms with Gasteiger partial charge in [0.15, 0.2) is 0 Å². The van der Waals surface area contributed by atoms with Gasteiger partial charge in [0.2, 0.25) is 19.4 Å². The number of hydrogen-bond acceptors (Lipinski definition) is 3. The molecule has 0 saturated heterocycles. The first-order valence-corrected chi connectivity index (χ1v) is 8.08. The number of pyridine rings is 1. The number of aryl methyl sites for hydroxylation is 1. The summed E-state index contributed by atoms with van der Waals surface area (Å²) in [4.78, 5) is 24.1. The average Bonchev–Trinajstić information content (AvgIpc) is 3.00. The SMILES string of the molecule is [B]n1c([C@H](C)NC(C)=O)cc2cccc(C#Cc3cnn(C)c3)c2c1=O. The summed E-state index contributed by atoms with van der Waals surface area (Å²) < 4.78 is 2.73. The van der Waals surface area contributed by atoms with E-state index in [9.17, 15) is 9.59 Å². The van der Waals surface area contributed by atoms with E-state index < -0.39 is 0 Å². The Balaban J connectivity index is 2.14. The molecule has 26 heavy (non-hydrogen) atoms. The van der Waals surface area contributed by atoms with Gasteiger partial charge in [0.05, 0.1) is 23.2 Å². The summed E-state index contributed by atoms with van der Waals surface area (Å²) in [6.45, 7) is 3.19. The molecule has 0 fully saturated rings. The van der Waals surface area contributed by atoms with Crippen LogP contribution in [-0.2, 0) is 11.8 Å². The Morgan fingerprint density at radius 3 is 2.77 bits per heavy atom. The van der Waals surface area contributed by atoms with E-state index in [4.69, 9.17) is 7.98 Å². The van der Waals surface area contributed by atoms with Crippen LogP contribution < -0.4 is 10.9 Å². The maximum absolute atomic E-state index is 12.8. The summed E-state index contributed by atoms with van der Waals surface area (Å²) in [6.07, 6.45) is 3.46. The van der Waals surface area contributed by atoms with Crippen LogP contribution in [0.15, 0.2) is 41.5 Å². The maximum Gasteiger partial charge on any atom is 0.246 e. The predicted octanol–water partition coefficient (Wildman–Crippen LogP) is 1.26. The summed E-state index contributed by atoms with van der Waals surface area (Å²) in [5.74, 6) is 5.84. The Bertz CT molecular complexity index is 1120. The van der Waals surface area contributed by atoms with Gasteiger partial charge >= 0.3 is 0 Å². The fourth-order valence-corrected chi connectivity index (χ4v) is 2.84. The highest BCUT2D eigenvalue weighted by molar-refractivity contribution is 6.08. The van der Waals surface area contributed by atoms with E-state index >= 15 is 0 Å². The van der Waals surface area contributed by atoms with Crippen LogP contribution in [0.5, 0.6) is 0 Å². The van der Waals surface area contributed by atoms with E-state index in [-0.39, 0.29) is 17.5 Å². The molecule has 0 aliphatic heterocycles. The van der Waals surface area contributed by atoms with E-state index in [1.807, 2.05) is 19.2 Å². The smallest absolute Gasteiger partial charge is 0.246 e. The quantitative estimate of drug-likeness (QED) is 0.562. The van der Waals surface area contributed by atoms with E-state index in [0.717, 1.165) is 15.4 Å². The van der Waals surface area contributed by atoms with Crippen molar-refractivity contribution in [2.75, 3.05) is 0 Å². The number of amides is 1. The van der Waals surface area contributed by atoms with Crippen molar-refractivity contribution in [1.82, 2.24) is 19.6 Å². The molecule has 0 unspecified atom stereocenters. The van der Waals surface area contributed by atoms with Crippen molar-refractivity contribution >= 4 is 24.7 Å². The molecular formula is C19H17BN4O2. The molecule has 0 bridgehead atoms. The highest BCUT2D eigenvalue weighted by Gasteiger charge is 2.14. The molecule has 2 heterocycles. The number of fused-ring (bicyclic) bond motifs is 1. The lowest BCUT2D eigenvalue weighted by Crippen LogP contribution is -2.31. The molecule has 7 heteroatoms. The van der Waals surface area contributed by atoms with Crippen molar-refractivity contribution in [2.24, 2.45) is 7.05 Å². The van der Waals surface area contributed by atoms with Crippen LogP contribution in [0.4, 0.5) is 0 Å². The van der Waals surface area contributed by atoms with Gasteiger partial charge in [-0.1, -0.05) is 24.0 Å². The highest BCUT2D eigenvalue weighted by Crippen LogP contribution is 2.19. The number of benzene rings is 1. The molecule has 2 radical (unpaired) electrons.